The van der Waals surface area contributed by atoms with E-state index in [2.05, 4.69) is 5.32 Å². The van der Waals surface area contributed by atoms with E-state index in [4.69, 9.17) is 15.7 Å². The second-order valence-electron chi connectivity index (χ2n) is 5.31. The smallest absolute Gasteiger partial charge is 0.262 e. The Morgan fingerprint density at radius 3 is 2.56 bits per heavy atom. The van der Waals surface area contributed by atoms with Gasteiger partial charge in [0.1, 0.15) is 17.4 Å². The van der Waals surface area contributed by atoms with Crippen molar-refractivity contribution in [3.8, 4) is 11.8 Å². The molecule has 2 aromatic carbocycles. The number of rotatable bonds is 6. The van der Waals surface area contributed by atoms with Crippen LogP contribution in [0.3, 0.4) is 0 Å². The third-order valence-electron chi connectivity index (χ3n) is 3.25. The first kappa shape index (κ1) is 17.8. The van der Waals surface area contributed by atoms with Gasteiger partial charge in [0, 0.05) is 5.69 Å². The van der Waals surface area contributed by atoms with Crippen LogP contribution in [0.25, 0.3) is 6.08 Å². The number of ether oxygens (including phenoxy) is 1. The van der Waals surface area contributed by atoms with Crippen LogP contribution in [0, 0.1) is 18.3 Å². The normalized spacial score (nSPS) is 10.6. The SMILES string of the molecule is Cc1cccc(NC(=O)COc2ccc(C=C(C#N)C(N)=O)cc2)c1. The quantitative estimate of drug-likeness (QED) is 0.624. The molecule has 0 saturated heterocycles. The molecule has 0 unspecified atom stereocenters. The molecule has 0 fully saturated rings. The van der Waals surface area contributed by atoms with Gasteiger partial charge in [0.2, 0.25) is 0 Å². The van der Waals surface area contributed by atoms with Crippen molar-refractivity contribution in [3.63, 3.8) is 0 Å². The zero-order valence-corrected chi connectivity index (χ0v) is 13.7. The minimum absolute atomic E-state index is 0.131. The van der Waals surface area contributed by atoms with Gasteiger partial charge in [0.15, 0.2) is 6.61 Å². The summed E-state index contributed by atoms with van der Waals surface area (Å²) < 4.78 is 5.41. The van der Waals surface area contributed by atoms with E-state index < -0.39 is 5.91 Å². The van der Waals surface area contributed by atoms with Gasteiger partial charge in [0.05, 0.1) is 0 Å². The summed E-state index contributed by atoms with van der Waals surface area (Å²) in [5, 5.41) is 11.6. The Kier molecular flexibility index (Phi) is 5.91. The number of nitrogens with one attached hydrogen (secondary N) is 1. The van der Waals surface area contributed by atoms with Crippen molar-refractivity contribution in [3.05, 3.63) is 65.2 Å². The van der Waals surface area contributed by atoms with Gasteiger partial charge < -0.3 is 15.8 Å². The molecule has 2 amide bonds. The van der Waals surface area contributed by atoms with E-state index >= 15 is 0 Å². The molecule has 25 heavy (non-hydrogen) atoms. The van der Waals surface area contributed by atoms with Gasteiger partial charge in [0.25, 0.3) is 11.8 Å². The molecule has 0 saturated carbocycles. The van der Waals surface area contributed by atoms with E-state index in [-0.39, 0.29) is 18.1 Å². The Balaban J connectivity index is 1.92. The first-order chi connectivity index (χ1) is 12.0. The van der Waals surface area contributed by atoms with Gasteiger partial charge in [-0.15, -0.1) is 0 Å². The molecule has 6 heteroatoms. The van der Waals surface area contributed by atoms with Crippen LogP contribution in [0.15, 0.2) is 54.1 Å². The lowest BCUT2D eigenvalue weighted by molar-refractivity contribution is -0.118. The van der Waals surface area contributed by atoms with Crippen molar-refractivity contribution >= 4 is 23.6 Å². The molecule has 0 bridgehead atoms. The number of amides is 2. The number of aryl methyl sites for hydroxylation is 1. The molecule has 2 aromatic rings. The lowest BCUT2D eigenvalue weighted by atomic mass is 10.1. The molecule has 0 aliphatic rings. The van der Waals surface area contributed by atoms with Crippen molar-refractivity contribution in [1.29, 1.82) is 5.26 Å². The summed E-state index contributed by atoms with van der Waals surface area (Å²) in [4.78, 5) is 22.9. The van der Waals surface area contributed by atoms with Crippen LogP contribution < -0.4 is 15.8 Å². The van der Waals surface area contributed by atoms with Crippen molar-refractivity contribution < 1.29 is 14.3 Å². The molecule has 0 atom stereocenters. The fraction of sp³-hybridized carbons (Fsp3) is 0.105. The van der Waals surface area contributed by atoms with E-state index in [1.807, 2.05) is 25.1 Å². The molecule has 2 rings (SSSR count). The predicted molar refractivity (Wildman–Crippen MR) is 94.5 cm³/mol. The van der Waals surface area contributed by atoms with Gasteiger partial charge in [-0.05, 0) is 48.4 Å². The number of hydrogen-bond donors (Lipinski definition) is 2. The maximum atomic E-state index is 11.9. The van der Waals surface area contributed by atoms with Crippen LogP contribution in [-0.4, -0.2) is 18.4 Å². The Morgan fingerprint density at radius 2 is 1.96 bits per heavy atom. The van der Waals surface area contributed by atoms with E-state index in [1.165, 1.54) is 6.08 Å². The molecule has 3 N–H and O–H groups in total. The second kappa shape index (κ2) is 8.31. The highest BCUT2D eigenvalue weighted by molar-refractivity contribution is 6.00. The Hall–Kier alpha value is -3.59. The number of nitrogens with two attached hydrogens (primary N) is 1. The number of benzene rings is 2. The molecular formula is C19H17N3O3. The fourth-order valence-electron chi connectivity index (χ4n) is 2.05. The summed E-state index contributed by atoms with van der Waals surface area (Å²) in [6.07, 6.45) is 1.39. The predicted octanol–water partition coefficient (Wildman–Crippen LogP) is 2.40. The van der Waals surface area contributed by atoms with Crippen molar-refractivity contribution in [2.24, 2.45) is 5.73 Å². The molecule has 0 spiro atoms. The monoisotopic (exact) mass is 335 g/mol. The number of hydrogen-bond acceptors (Lipinski definition) is 4. The average Bonchev–Trinajstić information content (AvgIpc) is 2.58. The van der Waals surface area contributed by atoms with Gasteiger partial charge >= 0.3 is 0 Å². The van der Waals surface area contributed by atoms with E-state index in [0.29, 0.717) is 17.0 Å². The van der Waals surface area contributed by atoms with Crippen LogP contribution in [0.5, 0.6) is 5.75 Å². The summed E-state index contributed by atoms with van der Waals surface area (Å²) in [5.74, 6) is -0.556. The van der Waals surface area contributed by atoms with Crippen molar-refractivity contribution in [1.82, 2.24) is 0 Å². The molecule has 0 heterocycles. The Labute approximate surface area is 145 Å². The largest absolute Gasteiger partial charge is 0.484 e. The summed E-state index contributed by atoms with van der Waals surface area (Å²) >= 11 is 0. The number of nitrogens with zero attached hydrogens (tertiary/aromatic N) is 1. The highest BCUT2D eigenvalue weighted by Gasteiger charge is 2.05. The van der Waals surface area contributed by atoms with E-state index in [0.717, 1.165) is 5.56 Å². The number of carbonyl (C=O) groups is 2. The molecule has 126 valence electrons. The molecule has 0 radical (unpaired) electrons. The number of primary amides is 1. The molecule has 0 aromatic heterocycles. The lowest BCUT2D eigenvalue weighted by Crippen LogP contribution is -2.20. The number of nitriles is 1. The zero-order valence-electron chi connectivity index (χ0n) is 13.7. The summed E-state index contributed by atoms with van der Waals surface area (Å²) in [7, 11) is 0. The standard InChI is InChI=1S/C19H17N3O3/c1-13-3-2-4-16(9-13)22-18(23)12-25-17-7-5-14(6-8-17)10-15(11-20)19(21)24/h2-10H,12H2,1H3,(H2,21,24)(H,22,23). The van der Waals surface area contributed by atoms with Crippen LogP contribution in [0.4, 0.5) is 5.69 Å². The Bertz CT molecular complexity index is 849. The maximum absolute atomic E-state index is 11.9. The summed E-state index contributed by atoms with van der Waals surface area (Å²) in [6, 6.07) is 15.8. The minimum Gasteiger partial charge on any atom is -0.484 e. The maximum Gasteiger partial charge on any atom is 0.262 e. The van der Waals surface area contributed by atoms with Crippen LogP contribution >= 0.6 is 0 Å². The van der Waals surface area contributed by atoms with E-state index in [9.17, 15) is 9.59 Å². The summed E-state index contributed by atoms with van der Waals surface area (Å²) in [6.45, 7) is 1.81. The molecular weight excluding hydrogens is 318 g/mol. The van der Waals surface area contributed by atoms with Crippen LogP contribution in [-0.2, 0) is 9.59 Å². The zero-order chi connectivity index (χ0) is 18.2. The molecule has 0 aliphatic heterocycles. The topological polar surface area (TPSA) is 105 Å². The Morgan fingerprint density at radius 1 is 1.24 bits per heavy atom. The van der Waals surface area contributed by atoms with Crippen LogP contribution in [0.1, 0.15) is 11.1 Å². The first-order valence-corrected chi connectivity index (χ1v) is 7.49. The van der Waals surface area contributed by atoms with Crippen molar-refractivity contribution in [2.75, 3.05) is 11.9 Å². The van der Waals surface area contributed by atoms with Gasteiger partial charge in [-0.1, -0.05) is 24.3 Å². The van der Waals surface area contributed by atoms with Crippen LogP contribution in [0.2, 0.25) is 0 Å². The van der Waals surface area contributed by atoms with Crippen molar-refractivity contribution in [2.45, 2.75) is 6.92 Å². The van der Waals surface area contributed by atoms with Gasteiger partial charge in [-0.2, -0.15) is 5.26 Å². The third-order valence-corrected chi connectivity index (χ3v) is 3.25. The number of anilines is 1. The van der Waals surface area contributed by atoms with Gasteiger partial charge in [-0.25, -0.2) is 0 Å². The minimum atomic E-state index is -0.782. The fourth-order valence-corrected chi connectivity index (χ4v) is 2.05. The summed E-state index contributed by atoms with van der Waals surface area (Å²) in [5.41, 5.74) is 7.34. The van der Waals surface area contributed by atoms with E-state index in [1.54, 1.807) is 36.4 Å². The third kappa shape index (κ3) is 5.52. The van der Waals surface area contributed by atoms with Gasteiger partial charge in [-0.3, -0.25) is 9.59 Å². The number of carbonyl (C=O) groups excluding carboxylic acids is 2. The highest BCUT2D eigenvalue weighted by Crippen LogP contribution is 2.15. The molecule has 0 aliphatic carbocycles. The second-order valence-corrected chi connectivity index (χ2v) is 5.31. The average molecular weight is 335 g/mol. The first-order valence-electron chi connectivity index (χ1n) is 7.49. The molecule has 6 nitrogen and oxygen atoms in total. The highest BCUT2D eigenvalue weighted by atomic mass is 16.5. The lowest BCUT2D eigenvalue weighted by Gasteiger charge is -2.08.